The van der Waals surface area contributed by atoms with Crippen LogP contribution < -0.4 is 10.5 Å². The Hall–Kier alpha value is -1.20. The molecule has 18 heavy (non-hydrogen) atoms. The highest BCUT2D eigenvalue weighted by Crippen LogP contribution is 2.30. The fourth-order valence-electron chi connectivity index (χ4n) is 1.78. The second-order valence-electron chi connectivity index (χ2n) is 3.98. The van der Waals surface area contributed by atoms with Crippen LogP contribution in [0.3, 0.4) is 0 Å². The topological polar surface area (TPSA) is 72.5 Å². The number of thioether (sulfide) groups is 1. The van der Waals surface area contributed by atoms with Gasteiger partial charge in [0.05, 0.1) is 7.11 Å². The van der Waals surface area contributed by atoms with E-state index in [-0.39, 0.29) is 6.42 Å². The minimum atomic E-state index is -0.998. The molecule has 1 aromatic rings. The van der Waals surface area contributed by atoms with Gasteiger partial charge in [-0.1, -0.05) is 6.92 Å². The van der Waals surface area contributed by atoms with E-state index in [0.29, 0.717) is 5.75 Å². The first-order valence-electron chi connectivity index (χ1n) is 5.75. The Morgan fingerprint density at radius 2 is 2.17 bits per heavy atom. The normalized spacial score (nSPS) is 12.2. The molecule has 1 aromatic carbocycles. The first kappa shape index (κ1) is 14.9. The monoisotopic (exact) mass is 269 g/mol. The van der Waals surface area contributed by atoms with Gasteiger partial charge in [0, 0.05) is 11.3 Å². The van der Waals surface area contributed by atoms with E-state index in [1.54, 1.807) is 18.9 Å². The van der Waals surface area contributed by atoms with Gasteiger partial charge < -0.3 is 15.6 Å². The Bertz CT molecular complexity index is 434. The van der Waals surface area contributed by atoms with E-state index in [1.807, 2.05) is 18.4 Å². The van der Waals surface area contributed by atoms with E-state index in [4.69, 9.17) is 15.6 Å². The van der Waals surface area contributed by atoms with Gasteiger partial charge in [-0.15, -0.1) is 11.8 Å². The van der Waals surface area contributed by atoms with Crippen LogP contribution in [0.25, 0.3) is 0 Å². The van der Waals surface area contributed by atoms with Crippen molar-refractivity contribution in [3.05, 3.63) is 23.3 Å². The van der Waals surface area contributed by atoms with E-state index < -0.39 is 12.0 Å². The number of hydrogen-bond acceptors (Lipinski definition) is 4. The molecule has 0 radical (unpaired) electrons. The van der Waals surface area contributed by atoms with E-state index in [2.05, 4.69) is 6.92 Å². The molecule has 4 nitrogen and oxygen atoms in total. The van der Waals surface area contributed by atoms with Crippen LogP contribution in [0.15, 0.2) is 17.0 Å². The van der Waals surface area contributed by atoms with Crippen molar-refractivity contribution >= 4 is 17.7 Å². The number of nitrogens with two attached hydrogens (primary N) is 1. The van der Waals surface area contributed by atoms with Gasteiger partial charge in [-0.25, -0.2) is 0 Å². The average Bonchev–Trinajstić information content (AvgIpc) is 2.37. The summed E-state index contributed by atoms with van der Waals surface area (Å²) >= 11 is 1.65. The van der Waals surface area contributed by atoms with Crippen molar-refractivity contribution in [1.82, 2.24) is 0 Å². The largest absolute Gasteiger partial charge is 0.496 e. The molecule has 100 valence electrons. The van der Waals surface area contributed by atoms with Gasteiger partial charge in [0.2, 0.25) is 0 Å². The summed E-state index contributed by atoms with van der Waals surface area (Å²) in [4.78, 5) is 12.0. The van der Waals surface area contributed by atoms with E-state index in [1.165, 1.54) is 5.56 Å². The van der Waals surface area contributed by atoms with Crippen LogP contribution in [-0.2, 0) is 17.6 Å². The smallest absolute Gasteiger partial charge is 0.320 e. The minimum Gasteiger partial charge on any atom is -0.496 e. The molecule has 0 bridgehead atoms. The van der Waals surface area contributed by atoms with Gasteiger partial charge in [0.25, 0.3) is 0 Å². The summed E-state index contributed by atoms with van der Waals surface area (Å²) in [6, 6.07) is 3.04. The average molecular weight is 269 g/mol. The van der Waals surface area contributed by atoms with Gasteiger partial charge in [0.15, 0.2) is 0 Å². The molecule has 0 saturated heterocycles. The minimum absolute atomic E-state index is 0.274. The number of aryl methyl sites for hydroxylation is 1. The van der Waals surface area contributed by atoms with Crippen molar-refractivity contribution < 1.29 is 14.6 Å². The van der Waals surface area contributed by atoms with Gasteiger partial charge in [-0.3, -0.25) is 4.79 Å². The third-order valence-corrected chi connectivity index (χ3v) is 3.64. The molecule has 0 aliphatic carbocycles. The Kier molecular flexibility index (Phi) is 5.50. The summed E-state index contributed by atoms with van der Waals surface area (Å²) in [7, 11) is 1.59. The van der Waals surface area contributed by atoms with Crippen LogP contribution >= 0.6 is 11.8 Å². The molecule has 1 atom stereocenters. The molecule has 0 saturated carbocycles. The SMILES string of the molecule is CCc1cc(OC)c(CC(N)C(=O)O)cc1SC. The number of benzene rings is 1. The maximum absolute atomic E-state index is 10.8. The quantitative estimate of drug-likeness (QED) is 0.772. The third-order valence-electron chi connectivity index (χ3n) is 2.82. The lowest BCUT2D eigenvalue weighted by Gasteiger charge is -2.15. The Balaban J connectivity index is 3.13. The summed E-state index contributed by atoms with van der Waals surface area (Å²) in [6.45, 7) is 2.08. The molecule has 0 aliphatic heterocycles. The van der Waals surface area contributed by atoms with Crippen LogP contribution in [0.2, 0.25) is 0 Å². The van der Waals surface area contributed by atoms with Gasteiger partial charge in [0.1, 0.15) is 11.8 Å². The van der Waals surface area contributed by atoms with Crippen molar-refractivity contribution in [2.45, 2.75) is 30.7 Å². The number of rotatable bonds is 6. The first-order chi connectivity index (χ1) is 8.53. The van der Waals surface area contributed by atoms with Crippen molar-refractivity contribution in [2.24, 2.45) is 5.73 Å². The summed E-state index contributed by atoms with van der Waals surface area (Å²) in [5, 5.41) is 8.86. The molecule has 1 rings (SSSR count). The molecule has 5 heteroatoms. The summed E-state index contributed by atoms with van der Waals surface area (Å²) in [5.74, 6) is -0.288. The number of hydrogen-bond donors (Lipinski definition) is 2. The van der Waals surface area contributed by atoms with Crippen LogP contribution in [-0.4, -0.2) is 30.5 Å². The number of carboxylic acid groups (broad SMARTS) is 1. The summed E-state index contributed by atoms with van der Waals surface area (Å²) in [6.07, 6.45) is 3.19. The van der Waals surface area contributed by atoms with Crippen LogP contribution in [0, 0.1) is 0 Å². The number of carbonyl (C=O) groups is 1. The number of carboxylic acids is 1. The fourth-order valence-corrected chi connectivity index (χ4v) is 2.51. The molecule has 0 amide bonds. The standard InChI is InChI=1S/C13H19NO3S/c1-4-8-6-11(17-2)9(7-12(8)18-3)5-10(14)13(15)16/h6-7,10H,4-5,14H2,1-3H3,(H,15,16). The van der Waals surface area contributed by atoms with Gasteiger partial charge in [-0.2, -0.15) is 0 Å². The Labute approximate surface area is 112 Å². The molecular formula is C13H19NO3S. The zero-order valence-electron chi connectivity index (χ0n) is 10.9. The molecule has 0 heterocycles. The highest BCUT2D eigenvalue weighted by molar-refractivity contribution is 7.98. The van der Waals surface area contributed by atoms with E-state index >= 15 is 0 Å². The lowest BCUT2D eigenvalue weighted by Crippen LogP contribution is -2.32. The van der Waals surface area contributed by atoms with E-state index in [0.717, 1.165) is 16.9 Å². The molecule has 3 N–H and O–H groups in total. The van der Waals surface area contributed by atoms with Crippen LogP contribution in [0.5, 0.6) is 5.75 Å². The van der Waals surface area contributed by atoms with Crippen molar-refractivity contribution in [3.8, 4) is 5.75 Å². The van der Waals surface area contributed by atoms with E-state index in [9.17, 15) is 4.79 Å². The highest BCUT2D eigenvalue weighted by Gasteiger charge is 2.16. The fraction of sp³-hybridized carbons (Fsp3) is 0.462. The highest BCUT2D eigenvalue weighted by atomic mass is 32.2. The van der Waals surface area contributed by atoms with Crippen molar-refractivity contribution in [1.29, 1.82) is 0 Å². The number of aliphatic carboxylic acids is 1. The van der Waals surface area contributed by atoms with Crippen molar-refractivity contribution in [3.63, 3.8) is 0 Å². The van der Waals surface area contributed by atoms with Crippen LogP contribution in [0.4, 0.5) is 0 Å². The maximum atomic E-state index is 10.8. The molecule has 1 unspecified atom stereocenters. The summed E-state index contributed by atoms with van der Waals surface area (Å²) in [5.41, 5.74) is 7.61. The van der Waals surface area contributed by atoms with Gasteiger partial charge >= 0.3 is 5.97 Å². The number of ether oxygens (including phenoxy) is 1. The Morgan fingerprint density at radius 3 is 2.61 bits per heavy atom. The zero-order chi connectivity index (χ0) is 13.7. The van der Waals surface area contributed by atoms with Crippen LogP contribution in [0.1, 0.15) is 18.1 Å². The second kappa shape index (κ2) is 6.66. The predicted molar refractivity (Wildman–Crippen MR) is 73.5 cm³/mol. The molecule has 0 fully saturated rings. The Morgan fingerprint density at radius 1 is 1.50 bits per heavy atom. The first-order valence-corrected chi connectivity index (χ1v) is 6.98. The summed E-state index contributed by atoms with van der Waals surface area (Å²) < 4.78 is 5.31. The molecular weight excluding hydrogens is 250 g/mol. The second-order valence-corrected chi connectivity index (χ2v) is 4.83. The third kappa shape index (κ3) is 3.40. The molecule has 0 spiro atoms. The molecule has 0 aliphatic rings. The van der Waals surface area contributed by atoms with Gasteiger partial charge in [-0.05, 0) is 35.9 Å². The van der Waals surface area contributed by atoms with Crippen molar-refractivity contribution in [2.75, 3.05) is 13.4 Å². The number of methoxy groups -OCH3 is 1. The lowest BCUT2D eigenvalue weighted by molar-refractivity contribution is -0.138. The maximum Gasteiger partial charge on any atom is 0.320 e. The lowest BCUT2D eigenvalue weighted by atomic mass is 10.0. The molecule has 0 aromatic heterocycles. The predicted octanol–water partition coefficient (Wildman–Crippen LogP) is 1.93. The zero-order valence-corrected chi connectivity index (χ0v) is 11.7.